The lowest BCUT2D eigenvalue weighted by atomic mass is 10.2. The summed E-state index contributed by atoms with van der Waals surface area (Å²) in [6, 6.07) is 7.78. The van der Waals surface area contributed by atoms with Crippen molar-refractivity contribution >= 4 is 34.6 Å². The van der Waals surface area contributed by atoms with Gasteiger partial charge in [-0.1, -0.05) is 43.6 Å². The van der Waals surface area contributed by atoms with Crippen LogP contribution in [0.3, 0.4) is 0 Å². The van der Waals surface area contributed by atoms with Crippen molar-refractivity contribution in [2.75, 3.05) is 31.5 Å². The van der Waals surface area contributed by atoms with Gasteiger partial charge in [0.1, 0.15) is 0 Å². The lowest BCUT2D eigenvalue weighted by Crippen LogP contribution is -2.32. The van der Waals surface area contributed by atoms with E-state index >= 15 is 0 Å². The van der Waals surface area contributed by atoms with Gasteiger partial charge in [-0.2, -0.15) is 5.10 Å². The molecule has 2 rings (SSSR count). The monoisotopic (exact) mass is 379 g/mol. The fourth-order valence-electron chi connectivity index (χ4n) is 2.54. The summed E-state index contributed by atoms with van der Waals surface area (Å²) >= 11 is 11.5. The standard InChI is InChI=1S/C18H26ClN5S/c1-3-23(4-2)11-7-10-20-18(25)22-16-12-21-24(14-16)13-15-8-5-6-9-17(15)19/h5-6,8-9,12,14H,3-4,7,10-11,13H2,1-2H3,(H2,20,22,25). The maximum absolute atomic E-state index is 6.19. The topological polar surface area (TPSA) is 45.1 Å². The minimum atomic E-state index is 0.622. The Bertz CT molecular complexity index is 669. The molecular weight excluding hydrogens is 354 g/mol. The van der Waals surface area contributed by atoms with Crippen LogP contribution in [0.25, 0.3) is 0 Å². The van der Waals surface area contributed by atoms with Crippen LogP contribution in [0.2, 0.25) is 5.02 Å². The second-order valence-electron chi connectivity index (χ2n) is 5.78. The summed E-state index contributed by atoms with van der Waals surface area (Å²) in [6.07, 6.45) is 4.75. The molecule has 7 heteroatoms. The van der Waals surface area contributed by atoms with Crippen molar-refractivity contribution in [3.63, 3.8) is 0 Å². The Hall–Kier alpha value is -1.63. The summed E-state index contributed by atoms with van der Waals surface area (Å²) in [5, 5.41) is 12.1. The fraction of sp³-hybridized carbons (Fsp3) is 0.444. The largest absolute Gasteiger partial charge is 0.362 e. The van der Waals surface area contributed by atoms with Crippen molar-refractivity contribution in [3.05, 3.63) is 47.2 Å². The molecule has 5 nitrogen and oxygen atoms in total. The van der Waals surface area contributed by atoms with Gasteiger partial charge in [-0.25, -0.2) is 0 Å². The number of benzene rings is 1. The highest BCUT2D eigenvalue weighted by atomic mass is 35.5. The molecule has 0 radical (unpaired) electrons. The van der Waals surface area contributed by atoms with Crippen molar-refractivity contribution in [3.8, 4) is 0 Å². The molecule has 0 aliphatic heterocycles. The van der Waals surface area contributed by atoms with Crippen LogP contribution in [-0.2, 0) is 6.54 Å². The molecule has 0 spiro atoms. The summed E-state index contributed by atoms with van der Waals surface area (Å²) < 4.78 is 1.84. The first-order chi connectivity index (χ1) is 12.1. The third-order valence-electron chi connectivity index (χ3n) is 4.01. The number of rotatable bonds is 9. The number of hydrogen-bond acceptors (Lipinski definition) is 3. The smallest absolute Gasteiger partial charge is 0.170 e. The van der Waals surface area contributed by atoms with Gasteiger partial charge in [-0.3, -0.25) is 4.68 Å². The Balaban J connectivity index is 1.75. The minimum Gasteiger partial charge on any atom is -0.362 e. The van der Waals surface area contributed by atoms with Gasteiger partial charge in [0.05, 0.1) is 18.4 Å². The highest BCUT2D eigenvalue weighted by Gasteiger charge is 2.04. The van der Waals surface area contributed by atoms with Crippen LogP contribution in [0, 0.1) is 0 Å². The second kappa shape index (κ2) is 10.4. The Morgan fingerprint density at radius 2 is 2.04 bits per heavy atom. The molecule has 0 fully saturated rings. The van der Waals surface area contributed by atoms with E-state index in [0.717, 1.165) is 48.9 Å². The van der Waals surface area contributed by atoms with E-state index in [1.54, 1.807) is 6.20 Å². The number of halogens is 1. The fourth-order valence-corrected chi connectivity index (χ4v) is 2.95. The van der Waals surface area contributed by atoms with Gasteiger partial charge in [0.2, 0.25) is 0 Å². The van der Waals surface area contributed by atoms with E-state index in [4.69, 9.17) is 23.8 Å². The van der Waals surface area contributed by atoms with Gasteiger partial charge in [0, 0.05) is 17.8 Å². The highest BCUT2D eigenvalue weighted by Crippen LogP contribution is 2.16. The molecule has 0 amide bonds. The van der Waals surface area contributed by atoms with E-state index < -0.39 is 0 Å². The molecule has 0 saturated heterocycles. The molecule has 136 valence electrons. The number of nitrogens with zero attached hydrogens (tertiary/aromatic N) is 3. The van der Waals surface area contributed by atoms with E-state index in [9.17, 15) is 0 Å². The lowest BCUT2D eigenvalue weighted by Gasteiger charge is -2.18. The van der Waals surface area contributed by atoms with Crippen LogP contribution in [0.1, 0.15) is 25.8 Å². The first kappa shape index (κ1) is 19.7. The highest BCUT2D eigenvalue weighted by molar-refractivity contribution is 7.80. The molecule has 0 atom stereocenters. The van der Waals surface area contributed by atoms with Crippen molar-refractivity contribution in [1.82, 2.24) is 20.0 Å². The average molecular weight is 380 g/mol. The SMILES string of the molecule is CCN(CC)CCCNC(=S)Nc1cnn(Cc2ccccc2Cl)c1. The molecule has 0 saturated carbocycles. The molecule has 2 aromatic rings. The molecule has 25 heavy (non-hydrogen) atoms. The minimum absolute atomic E-state index is 0.622. The Morgan fingerprint density at radius 1 is 1.28 bits per heavy atom. The molecular formula is C18H26ClN5S. The Kier molecular flexibility index (Phi) is 8.18. The Labute approximate surface area is 160 Å². The van der Waals surface area contributed by atoms with Crippen molar-refractivity contribution in [2.24, 2.45) is 0 Å². The van der Waals surface area contributed by atoms with Gasteiger partial charge in [0.25, 0.3) is 0 Å². The number of aromatic nitrogens is 2. The van der Waals surface area contributed by atoms with Crippen LogP contribution in [0.15, 0.2) is 36.7 Å². The number of hydrogen-bond donors (Lipinski definition) is 2. The molecule has 2 N–H and O–H groups in total. The van der Waals surface area contributed by atoms with Crippen molar-refractivity contribution < 1.29 is 0 Å². The molecule has 0 unspecified atom stereocenters. The summed E-state index contributed by atoms with van der Waals surface area (Å²) in [7, 11) is 0. The van der Waals surface area contributed by atoms with Crippen LogP contribution in [0.5, 0.6) is 0 Å². The maximum atomic E-state index is 6.19. The zero-order chi connectivity index (χ0) is 18.1. The number of anilines is 1. The lowest BCUT2D eigenvalue weighted by molar-refractivity contribution is 0.300. The quantitative estimate of drug-likeness (QED) is 0.514. The molecule has 1 aromatic heterocycles. The molecule has 0 aliphatic carbocycles. The van der Waals surface area contributed by atoms with Crippen molar-refractivity contribution in [2.45, 2.75) is 26.8 Å². The normalized spacial score (nSPS) is 10.9. The predicted octanol–water partition coefficient (Wildman–Crippen LogP) is 3.60. The predicted molar refractivity (Wildman–Crippen MR) is 109 cm³/mol. The van der Waals surface area contributed by atoms with Crippen LogP contribution >= 0.6 is 23.8 Å². The molecule has 0 bridgehead atoms. The third kappa shape index (κ3) is 6.65. The van der Waals surface area contributed by atoms with Crippen LogP contribution in [0.4, 0.5) is 5.69 Å². The maximum Gasteiger partial charge on any atom is 0.170 e. The third-order valence-corrected chi connectivity index (χ3v) is 4.63. The van der Waals surface area contributed by atoms with E-state index in [2.05, 4.69) is 34.5 Å². The van der Waals surface area contributed by atoms with Crippen LogP contribution < -0.4 is 10.6 Å². The number of thiocarbonyl (C=S) groups is 1. The van der Waals surface area contributed by atoms with Gasteiger partial charge >= 0.3 is 0 Å². The molecule has 0 aliphatic rings. The van der Waals surface area contributed by atoms with Crippen LogP contribution in [-0.4, -0.2) is 46.0 Å². The van der Waals surface area contributed by atoms with E-state index in [0.29, 0.717) is 11.7 Å². The summed E-state index contributed by atoms with van der Waals surface area (Å²) in [4.78, 5) is 2.40. The Morgan fingerprint density at radius 3 is 2.76 bits per heavy atom. The number of nitrogens with one attached hydrogen (secondary N) is 2. The molecule has 1 heterocycles. The van der Waals surface area contributed by atoms with Gasteiger partial charge in [-0.15, -0.1) is 0 Å². The van der Waals surface area contributed by atoms with Crippen molar-refractivity contribution in [1.29, 1.82) is 0 Å². The summed E-state index contributed by atoms with van der Waals surface area (Å²) in [5.41, 5.74) is 1.91. The van der Waals surface area contributed by atoms with E-state index in [1.165, 1.54) is 0 Å². The summed E-state index contributed by atoms with van der Waals surface area (Å²) in [5.74, 6) is 0. The molecule has 1 aromatic carbocycles. The first-order valence-electron chi connectivity index (χ1n) is 8.65. The van der Waals surface area contributed by atoms with E-state index in [-0.39, 0.29) is 0 Å². The van der Waals surface area contributed by atoms with Gasteiger partial charge < -0.3 is 15.5 Å². The average Bonchev–Trinajstić information content (AvgIpc) is 3.04. The second-order valence-corrected chi connectivity index (χ2v) is 6.59. The zero-order valence-corrected chi connectivity index (χ0v) is 16.4. The zero-order valence-electron chi connectivity index (χ0n) is 14.8. The van der Waals surface area contributed by atoms with Gasteiger partial charge in [0.15, 0.2) is 5.11 Å². The van der Waals surface area contributed by atoms with Gasteiger partial charge in [-0.05, 0) is 49.9 Å². The first-order valence-corrected chi connectivity index (χ1v) is 9.44. The summed E-state index contributed by atoms with van der Waals surface area (Å²) in [6.45, 7) is 9.11. The van der Waals surface area contributed by atoms with E-state index in [1.807, 2.05) is 35.1 Å².